The summed E-state index contributed by atoms with van der Waals surface area (Å²) in [5.41, 5.74) is 1.85. The summed E-state index contributed by atoms with van der Waals surface area (Å²) in [6.07, 6.45) is 3.95. The van der Waals surface area contributed by atoms with Crippen LogP contribution in [0.4, 0.5) is 0 Å². The van der Waals surface area contributed by atoms with Crippen molar-refractivity contribution in [2.45, 2.75) is 31.1 Å². The first-order valence-corrected chi connectivity index (χ1v) is 8.20. The van der Waals surface area contributed by atoms with Gasteiger partial charge >= 0.3 is 0 Å². The van der Waals surface area contributed by atoms with Crippen LogP contribution >= 0.6 is 0 Å². The summed E-state index contributed by atoms with van der Waals surface area (Å²) in [6, 6.07) is 8.15. The molecule has 122 valence electrons. The lowest BCUT2D eigenvalue weighted by Gasteiger charge is -2.30. The van der Waals surface area contributed by atoms with E-state index in [1.165, 1.54) is 0 Å². The Hall–Kier alpha value is -1.85. The highest BCUT2D eigenvalue weighted by Crippen LogP contribution is 2.33. The third-order valence-corrected chi connectivity index (χ3v) is 5.22. The molecule has 1 aliphatic heterocycles. The molecule has 0 N–H and O–H groups in total. The molecule has 0 spiro atoms. The van der Waals surface area contributed by atoms with Gasteiger partial charge in [0.25, 0.3) is 5.91 Å². The number of hydrogen-bond acceptors (Lipinski definition) is 3. The van der Waals surface area contributed by atoms with E-state index < -0.39 is 0 Å². The Morgan fingerprint density at radius 3 is 2.96 bits per heavy atom. The van der Waals surface area contributed by atoms with Gasteiger partial charge in [-0.05, 0) is 18.9 Å². The Morgan fingerprint density at radius 1 is 1.30 bits per heavy atom. The van der Waals surface area contributed by atoms with Gasteiger partial charge in [0.2, 0.25) is 0 Å². The van der Waals surface area contributed by atoms with Crippen molar-refractivity contribution in [3.63, 3.8) is 0 Å². The summed E-state index contributed by atoms with van der Waals surface area (Å²) in [6.45, 7) is 1.21. The molecular weight excluding hydrogens is 292 g/mol. The standard InChI is InChI=1S/C18H22N2O3/c1-19-11-13(12-5-3-4-6-14(12)19)18(21)20-9-10-23-16-8-7-15(20)17(16)22-2/h3-6,11,15-17H,7-10H2,1-2H3/t15-,16-,17-/m1/s1. The van der Waals surface area contributed by atoms with E-state index >= 15 is 0 Å². The van der Waals surface area contributed by atoms with Gasteiger partial charge in [-0.2, -0.15) is 0 Å². The van der Waals surface area contributed by atoms with Crippen LogP contribution in [0, 0.1) is 0 Å². The lowest BCUT2D eigenvalue weighted by atomic mass is 10.1. The number of aryl methyl sites for hydroxylation is 1. The van der Waals surface area contributed by atoms with Gasteiger partial charge in [0.1, 0.15) is 6.10 Å². The monoisotopic (exact) mass is 314 g/mol. The van der Waals surface area contributed by atoms with Gasteiger partial charge in [-0.25, -0.2) is 0 Å². The predicted octanol–water partition coefficient (Wildman–Crippen LogP) is 2.20. The van der Waals surface area contributed by atoms with Gasteiger partial charge in [0, 0.05) is 37.8 Å². The molecule has 5 nitrogen and oxygen atoms in total. The number of hydrogen-bond donors (Lipinski definition) is 0. The van der Waals surface area contributed by atoms with Gasteiger partial charge in [-0.1, -0.05) is 18.2 Å². The van der Waals surface area contributed by atoms with Crippen molar-refractivity contribution in [3.8, 4) is 0 Å². The number of carbonyl (C=O) groups excluding carboxylic acids is 1. The molecule has 2 aromatic rings. The van der Waals surface area contributed by atoms with Crippen molar-refractivity contribution in [2.24, 2.45) is 7.05 Å². The first kappa shape index (κ1) is 14.7. The van der Waals surface area contributed by atoms with E-state index in [4.69, 9.17) is 9.47 Å². The van der Waals surface area contributed by atoms with Crippen LogP contribution in [0.15, 0.2) is 30.5 Å². The zero-order valence-electron chi connectivity index (χ0n) is 13.6. The third-order valence-electron chi connectivity index (χ3n) is 5.22. The number of methoxy groups -OCH3 is 1. The summed E-state index contributed by atoms with van der Waals surface area (Å²) in [5.74, 6) is 0.0833. The van der Waals surface area contributed by atoms with Crippen molar-refractivity contribution in [1.29, 1.82) is 0 Å². The van der Waals surface area contributed by atoms with Crippen LogP contribution in [0.1, 0.15) is 23.2 Å². The highest BCUT2D eigenvalue weighted by atomic mass is 16.5. The van der Waals surface area contributed by atoms with Crippen molar-refractivity contribution < 1.29 is 14.3 Å². The number of benzene rings is 1. The average molecular weight is 314 g/mol. The van der Waals surface area contributed by atoms with E-state index in [0.717, 1.165) is 29.3 Å². The second kappa shape index (κ2) is 5.65. The van der Waals surface area contributed by atoms with Gasteiger partial charge in [0.05, 0.1) is 24.3 Å². The lowest BCUT2D eigenvalue weighted by molar-refractivity contribution is -0.0316. The van der Waals surface area contributed by atoms with Crippen molar-refractivity contribution >= 4 is 16.8 Å². The van der Waals surface area contributed by atoms with Gasteiger partial charge < -0.3 is 18.9 Å². The average Bonchev–Trinajstić information content (AvgIpc) is 3.05. The highest BCUT2D eigenvalue weighted by Gasteiger charge is 2.44. The minimum atomic E-state index is -0.0172. The third kappa shape index (κ3) is 2.26. The quantitative estimate of drug-likeness (QED) is 0.853. The number of ether oxygens (including phenoxy) is 2. The Kier molecular flexibility index (Phi) is 3.62. The minimum Gasteiger partial charge on any atom is -0.377 e. The van der Waals surface area contributed by atoms with Crippen LogP contribution < -0.4 is 0 Å². The largest absolute Gasteiger partial charge is 0.377 e. The first-order chi connectivity index (χ1) is 11.2. The fraction of sp³-hybridized carbons (Fsp3) is 0.500. The van der Waals surface area contributed by atoms with Gasteiger partial charge in [0.15, 0.2) is 0 Å². The molecule has 1 saturated heterocycles. The molecule has 1 amide bonds. The Bertz CT molecular complexity index is 739. The number of carbonyl (C=O) groups is 1. The lowest BCUT2D eigenvalue weighted by Crippen LogP contribution is -2.46. The maximum Gasteiger partial charge on any atom is 0.256 e. The topological polar surface area (TPSA) is 43.7 Å². The predicted molar refractivity (Wildman–Crippen MR) is 87.5 cm³/mol. The number of para-hydroxylation sites is 1. The molecule has 2 fully saturated rings. The summed E-state index contributed by atoms with van der Waals surface area (Å²) >= 11 is 0. The van der Waals surface area contributed by atoms with E-state index in [-0.39, 0.29) is 24.2 Å². The van der Waals surface area contributed by atoms with Crippen LogP contribution in [-0.2, 0) is 16.5 Å². The molecule has 5 heteroatoms. The molecule has 2 aliphatic rings. The molecule has 0 radical (unpaired) electrons. The fourth-order valence-electron chi connectivity index (χ4n) is 4.12. The first-order valence-electron chi connectivity index (χ1n) is 8.20. The van der Waals surface area contributed by atoms with E-state index in [2.05, 4.69) is 0 Å². The number of fused-ring (bicyclic) bond motifs is 3. The van der Waals surface area contributed by atoms with Crippen molar-refractivity contribution in [1.82, 2.24) is 9.47 Å². The van der Waals surface area contributed by atoms with Crippen LogP contribution in [-0.4, -0.2) is 53.9 Å². The molecule has 2 heterocycles. The molecule has 1 aliphatic carbocycles. The fourth-order valence-corrected chi connectivity index (χ4v) is 4.12. The van der Waals surface area contributed by atoms with Crippen molar-refractivity contribution in [3.05, 3.63) is 36.0 Å². The molecule has 3 atom stereocenters. The van der Waals surface area contributed by atoms with Crippen LogP contribution in [0.2, 0.25) is 0 Å². The maximum atomic E-state index is 13.2. The molecule has 4 rings (SSSR count). The summed E-state index contributed by atoms with van der Waals surface area (Å²) in [7, 11) is 3.69. The van der Waals surface area contributed by atoms with Crippen LogP contribution in [0.3, 0.4) is 0 Å². The Morgan fingerprint density at radius 2 is 2.13 bits per heavy atom. The summed E-state index contributed by atoms with van der Waals surface area (Å²) < 4.78 is 13.5. The van der Waals surface area contributed by atoms with Crippen LogP contribution in [0.5, 0.6) is 0 Å². The molecular formula is C18H22N2O3. The Labute approximate surface area is 135 Å². The molecule has 1 saturated carbocycles. The molecule has 23 heavy (non-hydrogen) atoms. The molecule has 0 unspecified atom stereocenters. The summed E-state index contributed by atoms with van der Waals surface area (Å²) in [4.78, 5) is 15.2. The van der Waals surface area contributed by atoms with E-state index in [1.54, 1.807) is 7.11 Å². The molecule has 2 bridgehead atoms. The van der Waals surface area contributed by atoms with E-state index in [9.17, 15) is 4.79 Å². The Balaban J connectivity index is 1.72. The van der Waals surface area contributed by atoms with Gasteiger partial charge in [-0.15, -0.1) is 0 Å². The second-order valence-electron chi connectivity index (χ2n) is 6.42. The molecule has 1 aromatic carbocycles. The minimum absolute atomic E-state index is 0.0172. The summed E-state index contributed by atoms with van der Waals surface area (Å²) in [5, 5.41) is 1.01. The maximum absolute atomic E-state index is 13.2. The van der Waals surface area contributed by atoms with E-state index in [1.807, 2.05) is 47.0 Å². The number of aromatic nitrogens is 1. The number of nitrogens with zero attached hydrogens (tertiary/aromatic N) is 2. The normalized spacial score (nSPS) is 27.4. The smallest absolute Gasteiger partial charge is 0.256 e. The molecule has 1 aromatic heterocycles. The zero-order valence-corrected chi connectivity index (χ0v) is 13.6. The van der Waals surface area contributed by atoms with Crippen molar-refractivity contribution in [2.75, 3.05) is 20.3 Å². The van der Waals surface area contributed by atoms with Gasteiger partial charge in [-0.3, -0.25) is 4.79 Å². The SMILES string of the molecule is CO[C@@H]1[C@H]2CC[C@H]1OCCN2C(=O)c1cn(C)c2ccccc12. The highest BCUT2D eigenvalue weighted by molar-refractivity contribution is 6.07. The zero-order chi connectivity index (χ0) is 16.0. The number of rotatable bonds is 2. The van der Waals surface area contributed by atoms with Crippen LogP contribution in [0.25, 0.3) is 10.9 Å². The second-order valence-corrected chi connectivity index (χ2v) is 6.42. The van der Waals surface area contributed by atoms with E-state index in [0.29, 0.717) is 13.2 Å². The number of amides is 1.